The van der Waals surface area contributed by atoms with Gasteiger partial charge in [-0.05, 0) is 30.9 Å². The number of nitrogens with zero attached hydrogens (tertiary/aromatic N) is 3. The van der Waals surface area contributed by atoms with Crippen molar-refractivity contribution in [1.82, 2.24) is 10.1 Å². The van der Waals surface area contributed by atoms with E-state index >= 15 is 0 Å². The molecule has 0 spiro atoms. The normalized spacial score (nSPS) is 13.7. The molecule has 31 heavy (non-hydrogen) atoms. The van der Waals surface area contributed by atoms with Crippen molar-refractivity contribution in [2.75, 3.05) is 24.5 Å². The van der Waals surface area contributed by atoms with Gasteiger partial charge in [0, 0.05) is 25.2 Å². The van der Waals surface area contributed by atoms with Gasteiger partial charge in [0.1, 0.15) is 11.5 Å². The molecule has 162 valence electrons. The molecule has 0 atom stereocenters. The Labute approximate surface area is 182 Å². The highest BCUT2D eigenvalue weighted by atomic mass is 19.1. The van der Waals surface area contributed by atoms with Gasteiger partial charge in [0.15, 0.2) is 0 Å². The lowest BCUT2D eigenvalue weighted by Crippen LogP contribution is -2.35. The van der Waals surface area contributed by atoms with Gasteiger partial charge in [-0.1, -0.05) is 61.5 Å². The van der Waals surface area contributed by atoms with Crippen LogP contribution in [0.15, 0.2) is 59.1 Å². The van der Waals surface area contributed by atoms with E-state index in [2.05, 4.69) is 23.9 Å². The standard InChI is InChI=1S/C25H28FN3O2/c1-18(2)16-29(24(30)20-12-6-7-13-22(20)26)17-21-23(19-10-4-3-5-11-19)27-31-25(21)28-14-8-9-15-28/h3-7,10-13,18H,8-9,14-17H2,1-2H3. The number of hydrogen-bond acceptors (Lipinski definition) is 4. The minimum absolute atomic E-state index is 0.0867. The highest BCUT2D eigenvalue weighted by Gasteiger charge is 2.28. The highest BCUT2D eigenvalue weighted by Crippen LogP contribution is 2.34. The molecule has 2 aromatic carbocycles. The van der Waals surface area contributed by atoms with Gasteiger partial charge in [-0.15, -0.1) is 0 Å². The Balaban J connectivity index is 1.74. The Morgan fingerprint density at radius 3 is 2.45 bits per heavy atom. The summed E-state index contributed by atoms with van der Waals surface area (Å²) in [7, 11) is 0. The van der Waals surface area contributed by atoms with Crippen LogP contribution in [0.3, 0.4) is 0 Å². The summed E-state index contributed by atoms with van der Waals surface area (Å²) in [5.41, 5.74) is 2.63. The Hall–Kier alpha value is -3.15. The second-order valence-corrected chi connectivity index (χ2v) is 8.43. The average Bonchev–Trinajstić information content (AvgIpc) is 3.43. The van der Waals surface area contributed by atoms with E-state index in [0.717, 1.165) is 42.8 Å². The molecule has 0 aliphatic carbocycles. The average molecular weight is 422 g/mol. The lowest BCUT2D eigenvalue weighted by molar-refractivity contribution is 0.0718. The van der Waals surface area contributed by atoms with Crippen LogP contribution < -0.4 is 4.90 Å². The van der Waals surface area contributed by atoms with Crippen LogP contribution in [-0.4, -0.2) is 35.6 Å². The van der Waals surface area contributed by atoms with Gasteiger partial charge < -0.3 is 14.3 Å². The number of hydrogen-bond donors (Lipinski definition) is 0. The molecular weight excluding hydrogens is 393 g/mol. The first-order valence-electron chi connectivity index (χ1n) is 10.9. The molecule has 0 N–H and O–H groups in total. The monoisotopic (exact) mass is 421 g/mol. The van der Waals surface area contributed by atoms with Crippen LogP contribution in [0.1, 0.15) is 42.6 Å². The van der Waals surface area contributed by atoms with Crippen molar-refractivity contribution in [2.24, 2.45) is 5.92 Å². The van der Waals surface area contributed by atoms with Crippen LogP contribution in [-0.2, 0) is 6.54 Å². The number of carbonyl (C=O) groups excluding carboxylic acids is 1. The zero-order valence-electron chi connectivity index (χ0n) is 18.1. The fourth-order valence-corrected chi connectivity index (χ4v) is 4.09. The number of halogens is 1. The Bertz CT molecular complexity index is 1030. The summed E-state index contributed by atoms with van der Waals surface area (Å²) < 4.78 is 20.2. The molecule has 6 heteroatoms. The summed E-state index contributed by atoms with van der Waals surface area (Å²) in [6.45, 7) is 6.73. The predicted octanol–water partition coefficient (Wildman–Crippen LogP) is 5.38. The van der Waals surface area contributed by atoms with Gasteiger partial charge in [-0.25, -0.2) is 4.39 Å². The Kier molecular flexibility index (Phi) is 6.35. The number of amides is 1. The molecular formula is C25H28FN3O2. The fourth-order valence-electron chi connectivity index (χ4n) is 4.09. The number of aromatic nitrogens is 1. The van der Waals surface area contributed by atoms with Gasteiger partial charge in [-0.3, -0.25) is 4.79 Å². The third kappa shape index (κ3) is 4.63. The van der Waals surface area contributed by atoms with E-state index in [1.807, 2.05) is 30.3 Å². The maximum absolute atomic E-state index is 14.4. The molecule has 1 aliphatic heterocycles. The molecule has 1 aromatic heterocycles. The van der Waals surface area contributed by atoms with E-state index in [1.54, 1.807) is 17.0 Å². The smallest absolute Gasteiger partial charge is 0.257 e. The van der Waals surface area contributed by atoms with E-state index in [1.165, 1.54) is 12.1 Å². The molecule has 1 aliphatic rings. The molecule has 1 saturated heterocycles. The number of rotatable bonds is 7. The molecule has 1 amide bonds. The summed E-state index contributed by atoms with van der Waals surface area (Å²) in [6, 6.07) is 16.0. The van der Waals surface area contributed by atoms with E-state index in [4.69, 9.17) is 4.52 Å². The van der Waals surface area contributed by atoms with Crippen LogP contribution in [0.5, 0.6) is 0 Å². The van der Waals surface area contributed by atoms with Crippen LogP contribution in [0.2, 0.25) is 0 Å². The van der Waals surface area contributed by atoms with Crippen molar-refractivity contribution in [3.05, 3.63) is 71.5 Å². The number of anilines is 1. The molecule has 5 nitrogen and oxygen atoms in total. The zero-order chi connectivity index (χ0) is 21.8. The molecule has 4 rings (SSSR count). The van der Waals surface area contributed by atoms with Crippen molar-refractivity contribution >= 4 is 11.8 Å². The third-order valence-corrected chi connectivity index (χ3v) is 5.53. The van der Waals surface area contributed by atoms with Crippen molar-refractivity contribution < 1.29 is 13.7 Å². The topological polar surface area (TPSA) is 49.6 Å². The molecule has 0 saturated carbocycles. The fraction of sp³-hybridized carbons (Fsp3) is 0.360. The van der Waals surface area contributed by atoms with Crippen molar-refractivity contribution in [1.29, 1.82) is 0 Å². The summed E-state index contributed by atoms with van der Waals surface area (Å²) >= 11 is 0. The zero-order valence-corrected chi connectivity index (χ0v) is 18.1. The van der Waals surface area contributed by atoms with Gasteiger partial charge in [0.05, 0.1) is 17.7 Å². The summed E-state index contributed by atoms with van der Waals surface area (Å²) in [5, 5.41) is 4.38. The van der Waals surface area contributed by atoms with Gasteiger partial charge in [-0.2, -0.15) is 0 Å². The van der Waals surface area contributed by atoms with Gasteiger partial charge in [0.25, 0.3) is 5.91 Å². The Morgan fingerprint density at radius 2 is 1.77 bits per heavy atom. The van der Waals surface area contributed by atoms with E-state index in [0.29, 0.717) is 19.0 Å². The molecule has 3 aromatic rings. The predicted molar refractivity (Wildman–Crippen MR) is 119 cm³/mol. The molecule has 0 bridgehead atoms. The van der Waals surface area contributed by atoms with Crippen LogP contribution in [0, 0.1) is 11.7 Å². The summed E-state index contributed by atoms with van der Waals surface area (Å²) in [5.74, 6) is 0.117. The minimum atomic E-state index is -0.505. The SMILES string of the molecule is CC(C)CN(Cc1c(-c2ccccc2)noc1N1CCCC1)C(=O)c1ccccc1F. The maximum Gasteiger partial charge on any atom is 0.257 e. The first kappa shape index (κ1) is 21.1. The van der Waals surface area contributed by atoms with Gasteiger partial charge in [0.2, 0.25) is 5.88 Å². The number of carbonyl (C=O) groups is 1. The van der Waals surface area contributed by atoms with Crippen LogP contribution in [0.25, 0.3) is 11.3 Å². The van der Waals surface area contributed by atoms with E-state index in [9.17, 15) is 9.18 Å². The lowest BCUT2D eigenvalue weighted by atomic mass is 10.1. The van der Waals surface area contributed by atoms with Crippen molar-refractivity contribution in [3.8, 4) is 11.3 Å². The minimum Gasteiger partial charge on any atom is -0.340 e. The van der Waals surface area contributed by atoms with Crippen LogP contribution >= 0.6 is 0 Å². The molecule has 2 heterocycles. The van der Waals surface area contributed by atoms with Gasteiger partial charge >= 0.3 is 0 Å². The van der Waals surface area contributed by atoms with Crippen molar-refractivity contribution in [3.63, 3.8) is 0 Å². The highest BCUT2D eigenvalue weighted by molar-refractivity contribution is 5.94. The molecule has 0 radical (unpaired) electrons. The molecule has 0 unspecified atom stereocenters. The van der Waals surface area contributed by atoms with Crippen LogP contribution in [0.4, 0.5) is 10.3 Å². The largest absolute Gasteiger partial charge is 0.340 e. The third-order valence-electron chi connectivity index (χ3n) is 5.53. The van der Waals surface area contributed by atoms with E-state index in [-0.39, 0.29) is 17.4 Å². The summed E-state index contributed by atoms with van der Waals surface area (Å²) in [6.07, 6.45) is 2.20. The summed E-state index contributed by atoms with van der Waals surface area (Å²) in [4.78, 5) is 17.2. The first-order chi connectivity index (χ1) is 15.0. The molecule has 1 fully saturated rings. The Morgan fingerprint density at radius 1 is 1.10 bits per heavy atom. The lowest BCUT2D eigenvalue weighted by Gasteiger charge is -2.26. The number of benzene rings is 2. The second-order valence-electron chi connectivity index (χ2n) is 8.43. The maximum atomic E-state index is 14.4. The van der Waals surface area contributed by atoms with E-state index < -0.39 is 5.82 Å². The van der Waals surface area contributed by atoms with Crippen molar-refractivity contribution in [2.45, 2.75) is 33.2 Å². The first-order valence-corrected chi connectivity index (χ1v) is 10.9. The quantitative estimate of drug-likeness (QED) is 0.514. The second kappa shape index (κ2) is 9.33.